The van der Waals surface area contributed by atoms with Crippen LogP contribution in [0.4, 0.5) is 0 Å². The number of aromatic carboxylic acids is 1. The lowest BCUT2D eigenvalue weighted by atomic mass is 9.64. The highest BCUT2D eigenvalue weighted by Gasteiger charge is 2.40. The molecule has 1 saturated carbocycles. The van der Waals surface area contributed by atoms with Crippen LogP contribution in [0.15, 0.2) is 54.6 Å². The number of nitrogens with zero attached hydrogens (tertiary/aromatic N) is 1. The van der Waals surface area contributed by atoms with E-state index in [2.05, 4.69) is 17.0 Å². The molecule has 0 radical (unpaired) electrons. The maximum atomic E-state index is 12.2. The molecule has 0 aromatic heterocycles. The molecule has 1 aliphatic carbocycles. The van der Waals surface area contributed by atoms with Gasteiger partial charge in [0.2, 0.25) is 0 Å². The van der Waals surface area contributed by atoms with E-state index < -0.39 is 5.97 Å². The molecule has 1 atom stereocenters. The van der Waals surface area contributed by atoms with Crippen molar-refractivity contribution in [2.24, 2.45) is 5.41 Å². The molecule has 1 aliphatic rings. The van der Waals surface area contributed by atoms with E-state index in [0.717, 1.165) is 56.3 Å². The molecule has 2 aromatic carbocycles. The number of ether oxygens (including phenoxy) is 1. The molecule has 1 fully saturated rings. The molecule has 5 nitrogen and oxygen atoms in total. The Morgan fingerprint density at radius 2 is 1.78 bits per heavy atom. The third-order valence-electron chi connectivity index (χ3n) is 6.76. The van der Waals surface area contributed by atoms with Gasteiger partial charge < -0.3 is 9.84 Å². The first-order valence-electron chi connectivity index (χ1n) is 11.7. The molecular weight excluding hydrogens is 402 g/mol. The van der Waals surface area contributed by atoms with Crippen LogP contribution in [0.25, 0.3) is 0 Å². The Labute approximate surface area is 191 Å². The number of rotatable bonds is 13. The number of benzene rings is 2. The van der Waals surface area contributed by atoms with Crippen molar-refractivity contribution in [2.45, 2.75) is 58.6 Å². The molecule has 0 spiro atoms. The maximum Gasteiger partial charge on any atom is 0.335 e. The van der Waals surface area contributed by atoms with Crippen LogP contribution in [0.3, 0.4) is 0 Å². The summed E-state index contributed by atoms with van der Waals surface area (Å²) < 4.78 is 6.09. The molecule has 1 N–H and O–H groups in total. The summed E-state index contributed by atoms with van der Waals surface area (Å²) in [6, 6.07) is 17.4. The second-order valence-electron chi connectivity index (χ2n) is 8.89. The highest BCUT2D eigenvalue weighted by atomic mass is 16.5. The summed E-state index contributed by atoms with van der Waals surface area (Å²) in [6.45, 7) is 6.70. The quantitative estimate of drug-likeness (QED) is 0.448. The van der Waals surface area contributed by atoms with E-state index in [0.29, 0.717) is 24.5 Å². The van der Waals surface area contributed by atoms with Gasteiger partial charge in [0.15, 0.2) is 0 Å². The van der Waals surface area contributed by atoms with E-state index in [-0.39, 0.29) is 11.5 Å². The normalized spacial score (nSPS) is 15.8. The standard InChI is InChI=1S/C27H35NO4/c1-3-32-25(23-9-5-4-6-10-23)20-28(18-8-17-27(21(2)29)15-7-16-27)19-22-11-13-24(14-12-22)26(30)31/h4-6,9-14,25H,3,7-8,15-20H2,1-2H3,(H,30,31). The first-order chi connectivity index (χ1) is 15.4. The fourth-order valence-corrected chi connectivity index (χ4v) is 4.63. The molecule has 32 heavy (non-hydrogen) atoms. The molecule has 0 amide bonds. The molecule has 172 valence electrons. The van der Waals surface area contributed by atoms with Gasteiger partial charge in [0.25, 0.3) is 0 Å². The van der Waals surface area contributed by atoms with Crippen LogP contribution in [0.1, 0.15) is 73.5 Å². The second-order valence-corrected chi connectivity index (χ2v) is 8.89. The minimum atomic E-state index is -0.913. The lowest BCUT2D eigenvalue weighted by molar-refractivity contribution is -0.132. The third-order valence-corrected chi connectivity index (χ3v) is 6.76. The van der Waals surface area contributed by atoms with E-state index in [9.17, 15) is 14.7 Å². The van der Waals surface area contributed by atoms with Crippen molar-refractivity contribution in [2.75, 3.05) is 19.7 Å². The zero-order valence-electron chi connectivity index (χ0n) is 19.3. The molecule has 3 rings (SSSR count). The molecule has 5 heteroatoms. The average molecular weight is 438 g/mol. The Morgan fingerprint density at radius 1 is 1.09 bits per heavy atom. The smallest absolute Gasteiger partial charge is 0.335 e. The summed E-state index contributed by atoms with van der Waals surface area (Å²) in [5.74, 6) is -0.583. The van der Waals surface area contributed by atoms with Gasteiger partial charge in [-0.2, -0.15) is 0 Å². The lowest BCUT2D eigenvalue weighted by Crippen LogP contribution is -2.38. The zero-order chi connectivity index (χ0) is 23.0. The third kappa shape index (κ3) is 6.27. The first kappa shape index (κ1) is 24.1. The van der Waals surface area contributed by atoms with Crippen LogP contribution in [0, 0.1) is 5.41 Å². The van der Waals surface area contributed by atoms with Gasteiger partial charge in [0.05, 0.1) is 11.7 Å². The Kier molecular flexibility index (Phi) is 8.60. The molecule has 0 heterocycles. The fourth-order valence-electron chi connectivity index (χ4n) is 4.63. The summed E-state index contributed by atoms with van der Waals surface area (Å²) >= 11 is 0. The van der Waals surface area contributed by atoms with Crippen molar-refractivity contribution in [3.8, 4) is 0 Å². The number of carboxylic acids is 1. The lowest BCUT2D eigenvalue weighted by Gasteiger charge is -2.40. The Bertz CT molecular complexity index is 874. The summed E-state index contributed by atoms with van der Waals surface area (Å²) in [5.41, 5.74) is 2.42. The van der Waals surface area contributed by atoms with Gasteiger partial charge >= 0.3 is 5.97 Å². The molecule has 1 unspecified atom stereocenters. The predicted molar refractivity (Wildman–Crippen MR) is 126 cm³/mol. The number of carbonyl (C=O) groups is 2. The van der Waals surface area contributed by atoms with Crippen molar-refractivity contribution in [1.29, 1.82) is 0 Å². The zero-order valence-corrected chi connectivity index (χ0v) is 19.3. The van der Waals surface area contributed by atoms with Gasteiger partial charge in [0.1, 0.15) is 5.78 Å². The molecule has 0 bridgehead atoms. The number of carboxylic acid groups (broad SMARTS) is 1. The van der Waals surface area contributed by atoms with Gasteiger partial charge in [-0.15, -0.1) is 0 Å². The van der Waals surface area contributed by atoms with Crippen LogP contribution in [0.2, 0.25) is 0 Å². The van der Waals surface area contributed by atoms with Gasteiger partial charge in [-0.1, -0.05) is 48.9 Å². The minimum Gasteiger partial charge on any atom is -0.478 e. The first-order valence-corrected chi connectivity index (χ1v) is 11.7. The summed E-state index contributed by atoms with van der Waals surface area (Å²) in [7, 11) is 0. The predicted octanol–water partition coefficient (Wildman–Crippen LogP) is 5.50. The monoisotopic (exact) mass is 437 g/mol. The molecule has 2 aromatic rings. The number of Topliss-reactive ketones (excluding diaryl/α,β-unsaturated/α-hetero) is 1. The van der Waals surface area contributed by atoms with Crippen LogP contribution in [0.5, 0.6) is 0 Å². The van der Waals surface area contributed by atoms with Gasteiger partial charge in [-0.25, -0.2) is 4.79 Å². The second kappa shape index (κ2) is 11.4. The van der Waals surface area contributed by atoms with Crippen molar-refractivity contribution in [3.63, 3.8) is 0 Å². The van der Waals surface area contributed by atoms with E-state index in [4.69, 9.17) is 4.74 Å². The number of hydrogen-bond acceptors (Lipinski definition) is 4. The van der Waals surface area contributed by atoms with Crippen LogP contribution >= 0.6 is 0 Å². The Balaban J connectivity index is 1.71. The molecule has 0 aliphatic heterocycles. The Morgan fingerprint density at radius 3 is 2.31 bits per heavy atom. The van der Waals surface area contributed by atoms with Crippen molar-refractivity contribution in [3.05, 3.63) is 71.3 Å². The SMILES string of the molecule is CCOC(CN(CCCC1(C(C)=O)CCC1)Cc1ccc(C(=O)O)cc1)c1ccccc1. The van der Waals surface area contributed by atoms with Crippen molar-refractivity contribution in [1.82, 2.24) is 4.90 Å². The number of hydrogen-bond donors (Lipinski definition) is 1. The van der Waals surface area contributed by atoms with Gasteiger partial charge in [-0.05, 0) is 69.3 Å². The average Bonchev–Trinajstić information content (AvgIpc) is 2.75. The maximum absolute atomic E-state index is 12.2. The molecular formula is C27H35NO4. The van der Waals surface area contributed by atoms with E-state index >= 15 is 0 Å². The summed E-state index contributed by atoms with van der Waals surface area (Å²) in [6.07, 6.45) is 5.04. The summed E-state index contributed by atoms with van der Waals surface area (Å²) in [5, 5.41) is 9.17. The minimum absolute atomic E-state index is 0.0371. The largest absolute Gasteiger partial charge is 0.478 e. The molecule has 0 saturated heterocycles. The highest BCUT2D eigenvalue weighted by Crippen LogP contribution is 2.45. The summed E-state index contributed by atoms with van der Waals surface area (Å²) in [4.78, 5) is 25.7. The van der Waals surface area contributed by atoms with Crippen molar-refractivity contribution < 1.29 is 19.4 Å². The van der Waals surface area contributed by atoms with E-state index in [1.165, 1.54) is 0 Å². The van der Waals surface area contributed by atoms with Crippen LogP contribution in [-0.4, -0.2) is 41.5 Å². The van der Waals surface area contributed by atoms with E-state index in [1.54, 1.807) is 19.1 Å². The van der Waals surface area contributed by atoms with Crippen molar-refractivity contribution >= 4 is 11.8 Å². The fraction of sp³-hybridized carbons (Fsp3) is 0.481. The number of carbonyl (C=O) groups excluding carboxylic acids is 1. The van der Waals surface area contributed by atoms with E-state index in [1.807, 2.05) is 37.3 Å². The van der Waals surface area contributed by atoms with Crippen LogP contribution < -0.4 is 0 Å². The van der Waals surface area contributed by atoms with Gasteiger partial charge in [0, 0.05) is 25.1 Å². The topological polar surface area (TPSA) is 66.8 Å². The Hall–Kier alpha value is -2.50. The number of ketones is 1. The van der Waals surface area contributed by atoms with Crippen LogP contribution in [-0.2, 0) is 16.1 Å². The van der Waals surface area contributed by atoms with Gasteiger partial charge in [-0.3, -0.25) is 9.69 Å². The highest BCUT2D eigenvalue weighted by molar-refractivity contribution is 5.87.